The lowest BCUT2D eigenvalue weighted by Gasteiger charge is -2.00. The van der Waals surface area contributed by atoms with Gasteiger partial charge in [0.1, 0.15) is 0 Å². The van der Waals surface area contributed by atoms with Crippen molar-refractivity contribution in [1.82, 2.24) is 5.48 Å². The molecule has 4 heteroatoms. The summed E-state index contributed by atoms with van der Waals surface area (Å²) in [5.74, 6) is 0. The van der Waals surface area contributed by atoms with Crippen molar-refractivity contribution in [2.45, 2.75) is 13.5 Å². The summed E-state index contributed by atoms with van der Waals surface area (Å²) in [4.78, 5) is 6.20. The van der Waals surface area contributed by atoms with Crippen LogP contribution in [-0.4, -0.2) is 6.61 Å². The Kier molecular flexibility index (Phi) is 3.59. The van der Waals surface area contributed by atoms with E-state index in [1.165, 1.54) is 4.70 Å². The maximum atomic E-state index is 6.25. The molecule has 2 rings (SSSR count). The highest BCUT2D eigenvalue weighted by atomic mass is 35.5. The first-order valence-electron chi connectivity index (χ1n) is 4.83. The van der Waals surface area contributed by atoms with Gasteiger partial charge in [0.2, 0.25) is 0 Å². The first kappa shape index (κ1) is 10.9. The van der Waals surface area contributed by atoms with Gasteiger partial charge in [-0.1, -0.05) is 29.8 Å². The summed E-state index contributed by atoms with van der Waals surface area (Å²) in [6, 6.07) is 8.14. The average molecular weight is 242 g/mol. The summed E-state index contributed by atoms with van der Waals surface area (Å²) >= 11 is 7.95. The molecule has 1 aromatic heterocycles. The molecule has 0 saturated carbocycles. The molecule has 1 heterocycles. The van der Waals surface area contributed by atoms with Crippen LogP contribution in [0.15, 0.2) is 24.3 Å². The standard InChI is InChI=1S/C11H12ClNOS/c1-2-14-13-7-10-11(12)8-5-3-4-6-9(8)15-10/h3-6,13H,2,7H2,1H3. The van der Waals surface area contributed by atoms with Crippen LogP contribution in [0.1, 0.15) is 11.8 Å². The molecule has 0 fully saturated rings. The van der Waals surface area contributed by atoms with Gasteiger partial charge in [-0.15, -0.1) is 11.3 Å². The van der Waals surface area contributed by atoms with Crippen molar-refractivity contribution in [2.75, 3.05) is 6.61 Å². The Bertz CT molecular complexity index is 455. The van der Waals surface area contributed by atoms with Crippen molar-refractivity contribution in [3.05, 3.63) is 34.2 Å². The second-order valence-corrected chi connectivity index (χ2v) is 4.60. The van der Waals surface area contributed by atoms with Gasteiger partial charge in [0, 0.05) is 15.0 Å². The first-order valence-corrected chi connectivity index (χ1v) is 6.03. The van der Waals surface area contributed by atoms with Crippen LogP contribution in [-0.2, 0) is 11.4 Å². The molecule has 0 atom stereocenters. The van der Waals surface area contributed by atoms with Crippen molar-refractivity contribution in [2.24, 2.45) is 0 Å². The molecule has 0 unspecified atom stereocenters. The third kappa shape index (κ3) is 2.32. The van der Waals surface area contributed by atoms with Crippen LogP contribution in [0.3, 0.4) is 0 Å². The molecule has 0 saturated heterocycles. The van der Waals surface area contributed by atoms with E-state index in [1.807, 2.05) is 25.1 Å². The topological polar surface area (TPSA) is 21.3 Å². The minimum Gasteiger partial charge on any atom is -0.302 e. The summed E-state index contributed by atoms with van der Waals surface area (Å²) < 4.78 is 1.22. The van der Waals surface area contributed by atoms with E-state index in [-0.39, 0.29) is 0 Å². The molecule has 2 aromatic rings. The summed E-state index contributed by atoms with van der Waals surface area (Å²) in [6.45, 7) is 3.26. The van der Waals surface area contributed by atoms with Crippen LogP contribution in [0.5, 0.6) is 0 Å². The van der Waals surface area contributed by atoms with Crippen molar-refractivity contribution in [3.8, 4) is 0 Å². The minimum absolute atomic E-state index is 0.655. The lowest BCUT2D eigenvalue weighted by Crippen LogP contribution is -2.12. The van der Waals surface area contributed by atoms with Gasteiger partial charge in [-0.25, -0.2) is 0 Å². The lowest BCUT2D eigenvalue weighted by molar-refractivity contribution is 0.0469. The second-order valence-electron chi connectivity index (χ2n) is 3.09. The number of rotatable bonds is 4. The number of benzene rings is 1. The van der Waals surface area contributed by atoms with Crippen molar-refractivity contribution in [3.63, 3.8) is 0 Å². The quantitative estimate of drug-likeness (QED) is 0.653. The Balaban J connectivity index is 2.24. The monoisotopic (exact) mass is 241 g/mol. The summed E-state index contributed by atoms with van der Waals surface area (Å²) in [6.07, 6.45) is 0. The normalized spacial score (nSPS) is 11.1. The fourth-order valence-corrected chi connectivity index (χ4v) is 2.82. The first-order chi connectivity index (χ1) is 7.33. The zero-order chi connectivity index (χ0) is 10.7. The van der Waals surface area contributed by atoms with E-state index in [0.717, 1.165) is 15.3 Å². The Morgan fingerprint density at radius 2 is 2.20 bits per heavy atom. The van der Waals surface area contributed by atoms with Crippen molar-refractivity contribution >= 4 is 33.0 Å². The number of hydrogen-bond acceptors (Lipinski definition) is 3. The maximum absolute atomic E-state index is 6.25. The fraction of sp³-hybridized carbons (Fsp3) is 0.273. The molecule has 15 heavy (non-hydrogen) atoms. The van der Waals surface area contributed by atoms with E-state index in [2.05, 4.69) is 11.5 Å². The lowest BCUT2D eigenvalue weighted by atomic mass is 10.2. The van der Waals surface area contributed by atoms with E-state index in [4.69, 9.17) is 16.4 Å². The molecule has 0 bridgehead atoms. The zero-order valence-electron chi connectivity index (χ0n) is 8.42. The third-order valence-electron chi connectivity index (χ3n) is 2.08. The molecule has 0 spiro atoms. The Morgan fingerprint density at radius 3 is 2.93 bits per heavy atom. The predicted molar refractivity (Wildman–Crippen MR) is 65.3 cm³/mol. The number of hydrogen-bond donors (Lipinski definition) is 1. The van der Waals surface area contributed by atoms with Crippen LogP contribution in [0.4, 0.5) is 0 Å². The largest absolute Gasteiger partial charge is 0.302 e. The Morgan fingerprint density at radius 1 is 1.40 bits per heavy atom. The SMILES string of the molecule is CCONCc1sc2ccccc2c1Cl. The molecule has 0 aliphatic carbocycles. The van der Waals surface area contributed by atoms with E-state index in [1.54, 1.807) is 11.3 Å². The van der Waals surface area contributed by atoms with Gasteiger partial charge in [0.05, 0.1) is 18.2 Å². The molecule has 0 radical (unpaired) electrons. The molecule has 2 nitrogen and oxygen atoms in total. The van der Waals surface area contributed by atoms with Gasteiger partial charge in [0.15, 0.2) is 0 Å². The van der Waals surface area contributed by atoms with E-state index >= 15 is 0 Å². The molecule has 0 aliphatic heterocycles. The number of thiophene rings is 1. The Labute approximate surface area is 97.8 Å². The maximum Gasteiger partial charge on any atom is 0.0654 e. The van der Waals surface area contributed by atoms with Crippen LogP contribution in [0.2, 0.25) is 5.02 Å². The van der Waals surface area contributed by atoms with Gasteiger partial charge in [-0.3, -0.25) is 0 Å². The molecular weight excluding hydrogens is 230 g/mol. The minimum atomic E-state index is 0.655. The summed E-state index contributed by atoms with van der Waals surface area (Å²) in [5.41, 5.74) is 2.88. The van der Waals surface area contributed by atoms with Crippen LogP contribution >= 0.6 is 22.9 Å². The third-order valence-corrected chi connectivity index (χ3v) is 3.80. The number of halogens is 1. The molecule has 80 valence electrons. The highest BCUT2D eigenvalue weighted by molar-refractivity contribution is 7.19. The average Bonchev–Trinajstić information content (AvgIpc) is 2.57. The number of fused-ring (bicyclic) bond motifs is 1. The predicted octanol–water partition coefficient (Wildman–Crippen LogP) is 3.60. The van der Waals surface area contributed by atoms with Crippen LogP contribution < -0.4 is 5.48 Å². The van der Waals surface area contributed by atoms with Gasteiger partial charge in [-0.2, -0.15) is 5.48 Å². The van der Waals surface area contributed by atoms with Gasteiger partial charge in [0.25, 0.3) is 0 Å². The van der Waals surface area contributed by atoms with Crippen LogP contribution in [0.25, 0.3) is 10.1 Å². The summed E-state index contributed by atoms with van der Waals surface area (Å²) in [5, 5.41) is 1.96. The van der Waals surface area contributed by atoms with Gasteiger partial charge >= 0.3 is 0 Å². The summed E-state index contributed by atoms with van der Waals surface area (Å²) in [7, 11) is 0. The van der Waals surface area contributed by atoms with E-state index in [0.29, 0.717) is 13.2 Å². The van der Waals surface area contributed by atoms with Gasteiger partial charge < -0.3 is 4.84 Å². The zero-order valence-corrected chi connectivity index (χ0v) is 9.99. The number of nitrogens with one attached hydrogen (secondary N) is 1. The second kappa shape index (κ2) is 4.94. The molecule has 0 amide bonds. The molecule has 1 N–H and O–H groups in total. The Hall–Kier alpha value is -0.610. The molecule has 0 aliphatic rings. The van der Waals surface area contributed by atoms with Gasteiger partial charge in [-0.05, 0) is 13.0 Å². The smallest absolute Gasteiger partial charge is 0.0654 e. The van der Waals surface area contributed by atoms with E-state index < -0.39 is 0 Å². The fourth-order valence-electron chi connectivity index (χ4n) is 1.40. The molecular formula is C11H12ClNOS. The molecule has 1 aromatic carbocycles. The number of hydroxylamine groups is 1. The van der Waals surface area contributed by atoms with Crippen LogP contribution in [0, 0.1) is 0 Å². The highest BCUT2D eigenvalue weighted by Crippen LogP contribution is 2.34. The highest BCUT2D eigenvalue weighted by Gasteiger charge is 2.08. The van der Waals surface area contributed by atoms with E-state index in [9.17, 15) is 0 Å². The van der Waals surface area contributed by atoms with Crippen molar-refractivity contribution in [1.29, 1.82) is 0 Å². The van der Waals surface area contributed by atoms with Crippen molar-refractivity contribution < 1.29 is 4.84 Å².